The molecule has 0 radical (unpaired) electrons. The summed E-state index contributed by atoms with van der Waals surface area (Å²) >= 11 is 0. The van der Waals surface area contributed by atoms with Crippen molar-refractivity contribution in [2.24, 2.45) is 5.92 Å². The highest BCUT2D eigenvalue weighted by atomic mass is 16.6. The molecule has 9 heteroatoms. The van der Waals surface area contributed by atoms with E-state index in [4.69, 9.17) is 18.9 Å². The summed E-state index contributed by atoms with van der Waals surface area (Å²) in [5.41, 5.74) is 0. The zero-order chi connectivity index (χ0) is 19.8. The van der Waals surface area contributed by atoms with Crippen LogP contribution in [0.2, 0.25) is 0 Å². The first-order chi connectivity index (χ1) is 12.4. The third-order valence-corrected chi connectivity index (χ3v) is 3.21. The SMILES string of the molecule is CCCOCCOC(=O)NC(COCCOC)C(=O)NCC(=O)C(C)C. The third kappa shape index (κ3) is 12.6. The smallest absolute Gasteiger partial charge is 0.407 e. The molecule has 26 heavy (non-hydrogen) atoms. The van der Waals surface area contributed by atoms with Crippen LogP contribution in [0.15, 0.2) is 0 Å². The topological polar surface area (TPSA) is 112 Å². The van der Waals surface area contributed by atoms with Gasteiger partial charge in [0.05, 0.1) is 33.0 Å². The van der Waals surface area contributed by atoms with Gasteiger partial charge in [-0.25, -0.2) is 4.79 Å². The molecule has 1 atom stereocenters. The van der Waals surface area contributed by atoms with Crippen LogP contribution in [-0.2, 0) is 28.5 Å². The Bertz CT molecular complexity index is 416. The molecule has 0 aromatic heterocycles. The normalized spacial score (nSPS) is 11.9. The van der Waals surface area contributed by atoms with Gasteiger partial charge in [-0.05, 0) is 6.42 Å². The fraction of sp³-hybridized carbons (Fsp3) is 0.824. The van der Waals surface area contributed by atoms with E-state index < -0.39 is 18.0 Å². The van der Waals surface area contributed by atoms with E-state index in [-0.39, 0.29) is 44.7 Å². The maximum absolute atomic E-state index is 12.2. The molecule has 2 amide bonds. The summed E-state index contributed by atoms with van der Waals surface area (Å²) in [5.74, 6) is -0.809. The minimum Gasteiger partial charge on any atom is -0.447 e. The average Bonchev–Trinajstić information content (AvgIpc) is 2.61. The number of carbonyl (C=O) groups excluding carboxylic acids is 3. The Kier molecular flexibility index (Phi) is 14.5. The molecule has 0 aromatic rings. The van der Waals surface area contributed by atoms with Crippen LogP contribution in [0.25, 0.3) is 0 Å². The van der Waals surface area contributed by atoms with Gasteiger partial charge >= 0.3 is 6.09 Å². The van der Waals surface area contributed by atoms with E-state index in [1.165, 1.54) is 7.11 Å². The summed E-state index contributed by atoms with van der Waals surface area (Å²) in [6.07, 6.45) is 0.123. The lowest BCUT2D eigenvalue weighted by Gasteiger charge is -2.18. The van der Waals surface area contributed by atoms with Gasteiger partial charge in [-0.3, -0.25) is 9.59 Å². The second kappa shape index (κ2) is 15.5. The summed E-state index contributed by atoms with van der Waals surface area (Å²) in [7, 11) is 1.53. The van der Waals surface area contributed by atoms with E-state index in [1.807, 2.05) is 6.92 Å². The molecule has 1 unspecified atom stereocenters. The van der Waals surface area contributed by atoms with Crippen LogP contribution in [0.1, 0.15) is 27.2 Å². The molecule has 0 aliphatic heterocycles. The molecule has 0 heterocycles. The molecule has 0 aliphatic rings. The maximum Gasteiger partial charge on any atom is 0.407 e. The number of hydrogen-bond donors (Lipinski definition) is 2. The molecule has 9 nitrogen and oxygen atoms in total. The van der Waals surface area contributed by atoms with E-state index in [9.17, 15) is 14.4 Å². The van der Waals surface area contributed by atoms with E-state index in [1.54, 1.807) is 13.8 Å². The van der Waals surface area contributed by atoms with Crippen LogP contribution in [0, 0.1) is 5.92 Å². The van der Waals surface area contributed by atoms with Crippen LogP contribution in [0.5, 0.6) is 0 Å². The van der Waals surface area contributed by atoms with Crippen molar-refractivity contribution in [2.45, 2.75) is 33.2 Å². The van der Waals surface area contributed by atoms with E-state index in [0.29, 0.717) is 13.2 Å². The molecule has 0 rings (SSSR count). The van der Waals surface area contributed by atoms with E-state index in [0.717, 1.165) is 6.42 Å². The maximum atomic E-state index is 12.2. The van der Waals surface area contributed by atoms with Gasteiger partial charge in [0, 0.05) is 19.6 Å². The molecular weight excluding hydrogens is 344 g/mol. The van der Waals surface area contributed by atoms with E-state index in [2.05, 4.69) is 10.6 Å². The summed E-state index contributed by atoms with van der Waals surface area (Å²) in [5, 5.41) is 4.93. The molecule has 0 spiro atoms. The number of methoxy groups -OCH3 is 1. The van der Waals surface area contributed by atoms with Crippen molar-refractivity contribution in [3.8, 4) is 0 Å². The van der Waals surface area contributed by atoms with Crippen molar-refractivity contribution in [1.82, 2.24) is 10.6 Å². The molecular formula is C17H32N2O7. The number of carbonyl (C=O) groups is 3. The van der Waals surface area contributed by atoms with Crippen molar-refractivity contribution >= 4 is 17.8 Å². The molecule has 0 aliphatic carbocycles. The molecule has 152 valence electrons. The van der Waals surface area contributed by atoms with Crippen LogP contribution in [0.3, 0.4) is 0 Å². The Morgan fingerprint density at radius 1 is 0.962 bits per heavy atom. The minimum absolute atomic E-state index is 0.0630. The van der Waals surface area contributed by atoms with E-state index >= 15 is 0 Å². The zero-order valence-electron chi connectivity index (χ0n) is 16.2. The van der Waals surface area contributed by atoms with Gasteiger partial charge in [0.15, 0.2) is 5.78 Å². The number of rotatable bonds is 15. The molecule has 0 saturated carbocycles. The number of ether oxygens (including phenoxy) is 4. The number of ketones is 1. The fourth-order valence-electron chi connectivity index (χ4n) is 1.65. The lowest BCUT2D eigenvalue weighted by Crippen LogP contribution is -2.51. The first-order valence-electron chi connectivity index (χ1n) is 8.80. The number of hydrogen-bond acceptors (Lipinski definition) is 7. The number of alkyl carbamates (subject to hydrolysis) is 1. The standard InChI is InChI=1S/C17H32N2O7/c1-5-6-24-9-10-26-17(22)19-14(12-25-8-7-23-4)16(21)18-11-15(20)13(2)3/h13-14H,5-12H2,1-4H3,(H,18,21)(H,19,22). The predicted molar refractivity (Wildman–Crippen MR) is 94.9 cm³/mol. The highest BCUT2D eigenvalue weighted by Crippen LogP contribution is 1.95. The quantitative estimate of drug-likeness (QED) is 0.401. The fourth-order valence-corrected chi connectivity index (χ4v) is 1.65. The third-order valence-electron chi connectivity index (χ3n) is 3.21. The van der Waals surface area contributed by atoms with Crippen LogP contribution in [0.4, 0.5) is 4.79 Å². The molecule has 0 aromatic carbocycles. The molecule has 0 fully saturated rings. The first kappa shape index (κ1) is 24.3. The van der Waals surface area contributed by atoms with Crippen molar-refractivity contribution in [2.75, 3.05) is 53.3 Å². The summed E-state index contributed by atoms with van der Waals surface area (Å²) < 4.78 is 20.3. The van der Waals surface area contributed by atoms with Crippen LogP contribution in [-0.4, -0.2) is 77.1 Å². The zero-order valence-corrected chi connectivity index (χ0v) is 16.2. The molecule has 0 saturated heterocycles. The van der Waals surface area contributed by atoms with Gasteiger partial charge in [0.1, 0.15) is 12.6 Å². The Morgan fingerprint density at radius 2 is 1.65 bits per heavy atom. The largest absolute Gasteiger partial charge is 0.447 e. The Hall–Kier alpha value is -1.71. The van der Waals surface area contributed by atoms with Gasteiger partial charge in [0.25, 0.3) is 0 Å². The lowest BCUT2D eigenvalue weighted by atomic mass is 10.1. The predicted octanol–water partition coefficient (Wildman–Crippen LogP) is 0.512. The van der Waals surface area contributed by atoms with Gasteiger partial charge in [-0.2, -0.15) is 0 Å². The second-order valence-corrected chi connectivity index (χ2v) is 5.85. The molecule has 2 N–H and O–H groups in total. The Labute approximate surface area is 155 Å². The highest BCUT2D eigenvalue weighted by Gasteiger charge is 2.22. The van der Waals surface area contributed by atoms with Gasteiger partial charge in [0.2, 0.25) is 5.91 Å². The summed E-state index contributed by atoms with van der Waals surface area (Å²) in [6, 6.07) is -0.976. The van der Waals surface area contributed by atoms with Gasteiger partial charge < -0.3 is 29.6 Å². The number of amides is 2. The van der Waals surface area contributed by atoms with Crippen molar-refractivity contribution in [3.63, 3.8) is 0 Å². The van der Waals surface area contributed by atoms with Crippen LogP contribution < -0.4 is 10.6 Å². The van der Waals surface area contributed by atoms with Crippen molar-refractivity contribution in [1.29, 1.82) is 0 Å². The molecule has 0 bridgehead atoms. The number of Topliss-reactive ketones (excluding diaryl/α,β-unsaturated/α-hetero) is 1. The van der Waals surface area contributed by atoms with Crippen molar-refractivity contribution in [3.05, 3.63) is 0 Å². The van der Waals surface area contributed by atoms with Crippen LogP contribution >= 0.6 is 0 Å². The Morgan fingerprint density at radius 3 is 2.27 bits per heavy atom. The monoisotopic (exact) mass is 376 g/mol. The average molecular weight is 376 g/mol. The van der Waals surface area contributed by atoms with Gasteiger partial charge in [-0.15, -0.1) is 0 Å². The first-order valence-corrected chi connectivity index (χ1v) is 8.80. The Balaban J connectivity index is 4.40. The summed E-state index contributed by atoms with van der Waals surface area (Å²) in [6.45, 7) is 6.89. The lowest BCUT2D eigenvalue weighted by molar-refractivity contribution is -0.128. The van der Waals surface area contributed by atoms with Gasteiger partial charge in [-0.1, -0.05) is 20.8 Å². The summed E-state index contributed by atoms with van der Waals surface area (Å²) in [4.78, 5) is 35.7. The minimum atomic E-state index is -0.976. The highest BCUT2D eigenvalue weighted by molar-refractivity contribution is 5.90. The van der Waals surface area contributed by atoms with Crippen molar-refractivity contribution < 1.29 is 33.3 Å². The number of nitrogens with one attached hydrogen (secondary N) is 2. The second-order valence-electron chi connectivity index (χ2n) is 5.85.